The lowest BCUT2D eigenvalue weighted by atomic mass is 9.80. The van der Waals surface area contributed by atoms with Gasteiger partial charge in [0.15, 0.2) is 0 Å². The van der Waals surface area contributed by atoms with Crippen LogP contribution in [0.25, 0.3) is 0 Å². The predicted octanol–water partition coefficient (Wildman–Crippen LogP) is 1.19. The Morgan fingerprint density at radius 2 is 2.05 bits per heavy atom. The van der Waals surface area contributed by atoms with E-state index in [1.165, 1.54) is 0 Å². The third-order valence-corrected chi connectivity index (χ3v) is 4.02. The molecule has 2 rings (SSSR count). The molecular weight excluding hydrogens is 272 g/mol. The first-order valence-electron chi connectivity index (χ1n) is 6.90. The van der Waals surface area contributed by atoms with Gasteiger partial charge in [-0.15, -0.1) is 0 Å². The normalized spacial score (nSPS) is 17.2. The number of aliphatic carboxylic acids is 1. The van der Waals surface area contributed by atoms with Gasteiger partial charge in [-0.25, -0.2) is 0 Å². The summed E-state index contributed by atoms with van der Waals surface area (Å²) < 4.78 is 5.21. The van der Waals surface area contributed by atoms with Crippen LogP contribution in [0.2, 0.25) is 0 Å². The molecule has 0 spiro atoms. The first-order chi connectivity index (χ1) is 9.94. The number of hydrogen-bond donors (Lipinski definition) is 3. The zero-order chi connectivity index (χ0) is 15.5. The Morgan fingerprint density at radius 1 is 1.38 bits per heavy atom. The van der Waals surface area contributed by atoms with Crippen molar-refractivity contribution in [1.82, 2.24) is 5.32 Å². The van der Waals surface area contributed by atoms with Crippen LogP contribution in [0.4, 0.5) is 5.69 Å². The van der Waals surface area contributed by atoms with Crippen LogP contribution >= 0.6 is 0 Å². The van der Waals surface area contributed by atoms with Gasteiger partial charge in [-0.1, -0.05) is 0 Å². The third kappa shape index (κ3) is 3.33. The Labute approximate surface area is 123 Å². The molecule has 0 atom stereocenters. The minimum Gasteiger partial charge on any atom is -0.481 e. The van der Waals surface area contributed by atoms with Crippen molar-refractivity contribution in [2.45, 2.75) is 19.8 Å². The number of hydrogen-bond acceptors (Lipinski definition) is 4. The zero-order valence-electron chi connectivity index (χ0n) is 12.0. The van der Waals surface area contributed by atoms with Crippen molar-refractivity contribution in [2.75, 3.05) is 25.5 Å². The summed E-state index contributed by atoms with van der Waals surface area (Å²) in [5.41, 5.74) is 6.71. The molecule has 0 aliphatic carbocycles. The van der Waals surface area contributed by atoms with Gasteiger partial charge in [0.05, 0.1) is 5.41 Å². The number of carboxylic acid groups (broad SMARTS) is 1. The highest BCUT2D eigenvalue weighted by molar-refractivity contribution is 5.95. The Kier molecular flexibility index (Phi) is 4.47. The van der Waals surface area contributed by atoms with Gasteiger partial charge in [0, 0.05) is 31.0 Å². The Morgan fingerprint density at radius 3 is 2.62 bits per heavy atom. The van der Waals surface area contributed by atoms with Gasteiger partial charge in [0.1, 0.15) is 0 Å². The lowest BCUT2D eigenvalue weighted by molar-refractivity contribution is -0.154. The monoisotopic (exact) mass is 292 g/mol. The largest absolute Gasteiger partial charge is 0.481 e. The molecule has 0 saturated carbocycles. The topological polar surface area (TPSA) is 102 Å². The highest BCUT2D eigenvalue weighted by Gasteiger charge is 2.40. The molecule has 1 aromatic carbocycles. The van der Waals surface area contributed by atoms with E-state index in [0.29, 0.717) is 37.3 Å². The van der Waals surface area contributed by atoms with Crippen molar-refractivity contribution >= 4 is 17.6 Å². The highest BCUT2D eigenvalue weighted by atomic mass is 16.5. The van der Waals surface area contributed by atoms with Gasteiger partial charge in [0.25, 0.3) is 5.91 Å². The molecule has 114 valence electrons. The first kappa shape index (κ1) is 15.3. The van der Waals surface area contributed by atoms with Crippen molar-refractivity contribution in [3.63, 3.8) is 0 Å². The van der Waals surface area contributed by atoms with E-state index in [0.717, 1.165) is 5.56 Å². The molecule has 4 N–H and O–H groups in total. The summed E-state index contributed by atoms with van der Waals surface area (Å²) in [7, 11) is 0. The zero-order valence-corrected chi connectivity index (χ0v) is 12.0. The number of anilines is 1. The van der Waals surface area contributed by atoms with Crippen LogP contribution in [0.3, 0.4) is 0 Å². The highest BCUT2D eigenvalue weighted by Crippen LogP contribution is 2.30. The second-order valence-corrected chi connectivity index (χ2v) is 5.45. The van der Waals surface area contributed by atoms with E-state index in [-0.39, 0.29) is 12.5 Å². The van der Waals surface area contributed by atoms with Crippen LogP contribution in [0, 0.1) is 12.3 Å². The molecule has 1 heterocycles. The summed E-state index contributed by atoms with van der Waals surface area (Å²) >= 11 is 0. The van der Waals surface area contributed by atoms with E-state index in [4.69, 9.17) is 10.5 Å². The quantitative estimate of drug-likeness (QED) is 0.723. The van der Waals surface area contributed by atoms with Gasteiger partial charge < -0.3 is 20.9 Å². The van der Waals surface area contributed by atoms with Gasteiger partial charge in [-0.05, 0) is 43.5 Å². The number of nitrogens with one attached hydrogen (secondary N) is 1. The minimum atomic E-state index is -0.934. The number of nitrogen functional groups attached to an aromatic ring is 1. The fourth-order valence-electron chi connectivity index (χ4n) is 2.40. The molecule has 1 aliphatic heterocycles. The van der Waals surface area contributed by atoms with E-state index in [1.54, 1.807) is 18.2 Å². The van der Waals surface area contributed by atoms with Crippen LogP contribution < -0.4 is 11.1 Å². The van der Waals surface area contributed by atoms with E-state index in [9.17, 15) is 14.7 Å². The summed E-state index contributed by atoms with van der Waals surface area (Å²) in [6.07, 6.45) is 0.812. The predicted molar refractivity (Wildman–Crippen MR) is 78.0 cm³/mol. The van der Waals surface area contributed by atoms with Crippen molar-refractivity contribution < 1.29 is 19.4 Å². The lowest BCUT2D eigenvalue weighted by Gasteiger charge is -2.33. The van der Waals surface area contributed by atoms with Crippen LogP contribution in [0.15, 0.2) is 18.2 Å². The fraction of sp³-hybridized carbons (Fsp3) is 0.467. The average Bonchev–Trinajstić information content (AvgIpc) is 2.48. The molecule has 6 heteroatoms. The third-order valence-electron chi connectivity index (χ3n) is 4.02. The fourth-order valence-corrected chi connectivity index (χ4v) is 2.40. The summed E-state index contributed by atoms with van der Waals surface area (Å²) in [5, 5.41) is 12.2. The van der Waals surface area contributed by atoms with Crippen LogP contribution in [0.1, 0.15) is 28.8 Å². The molecule has 0 aromatic heterocycles. The van der Waals surface area contributed by atoms with E-state index in [2.05, 4.69) is 5.32 Å². The van der Waals surface area contributed by atoms with Crippen LogP contribution in [0.5, 0.6) is 0 Å². The number of aryl methyl sites for hydroxylation is 1. The standard InChI is InChI=1S/C15H20N2O4/c1-10-8-11(2-3-12(10)16)13(18)17-9-15(14(19)20)4-6-21-7-5-15/h2-3,8H,4-7,9,16H2,1H3,(H,17,18)(H,19,20). The van der Waals surface area contributed by atoms with Gasteiger partial charge in [-0.2, -0.15) is 0 Å². The molecule has 0 radical (unpaired) electrons. The molecule has 6 nitrogen and oxygen atoms in total. The molecule has 21 heavy (non-hydrogen) atoms. The van der Waals surface area contributed by atoms with E-state index < -0.39 is 11.4 Å². The maximum Gasteiger partial charge on any atom is 0.311 e. The van der Waals surface area contributed by atoms with Crippen molar-refractivity contribution in [3.05, 3.63) is 29.3 Å². The molecular formula is C15H20N2O4. The second-order valence-electron chi connectivity index (χ2n) is 5.45. The second kappa shape index (κ2) is 6.13. The van der Waals surface area contributed by atoms with Crippen molar-refractivity contribution in [3.8, 4) is 0 Å². The molecule has 1 amide bonds. The number of nitrogens with two attached hydrogens (primary N) is 1. The van der Waals surface area contributed by atoms with E-state index >= 15 is 0 Å². The first-order valence-corrected chi connectivity index (χ1v) is 6.90. The molecule has 1 saturated heterocycles. The molecule has 1 aromatic rings. The van der Waals surface area contributed by atoms with E-state index in [1.807, 2.05) is 6.92 Å². The van der Waals surface area contributed by atoms with Gasteiger partial charge >= 0.3 is 5.97 Å². The molecule has 0 unspecified atom stereocenters. The van der Waals surface area contributed by atoms with Crippen LogP contribution in [-0.2, 0) is 9.53 Å². The minimum absolute atomic E-state index is 0.105. The molecule has 1 fully saturated rings. The maximum absolute atomic E-state index is 12.1. The SMILES string of the molecule is Cc1cc(C(=O)NCC2(C(=O)O)CCOCC2)ccc1N. The Bertz CT molecular complexity index is 551. The Hall–Kier alpha value is -2.08. The number of amides is 1. The number of carbonyl (C=O) groups excluding carboxylic acids is 1. The van der Waals surface area contributed by atoms with Gasteiger partial charge in [0.2, 0.25) is 0 Å². The average molecular weight is 292 g/mol. The summed E-state index contributed by atoms with van der Waals surface area (Å²) in [5.74, 6) is -1.18. The smallest absolute Gasteiger partial charge is 0.311 e. The van der Waals surface area contributed by atoms with Crippen molar-refractivity contribution in [2.24, 2.45) is 5.41 Å². The van der Waals surface area contributed by atoms with Crippen molar-refractivity contribution in [1.29, 1.82) is 0 Å². The number of carboxylic acids is 1. The van der Waals surface area contributed by atoms with Crippen LogP contribution in [-0.4, -0.2) is 36.7 Å². The summed E-state index contributed by atoms with van der Waals surface area (Å²) in [6, 6.07) is 5.00. The Balaban J connectivity index is 2.05. The molecule has 1 aliphatic rings. The number of carbonyl (C=O) groups is 2. The summed E-state index contributed by atoms with van der Waals surface area (Å²) in [6.45, 7) is 2.74. The van der Waals surface area contributed by atoms with Gasteiger partial charge in [-0.3, -0.25) is 9.59 Å². The number of benzene rings is 1. The number of ether oxygens (including phenoxy) is 1. The lowest BCUT2D eigenvalue weighted by Crippen LogP contribution is -2.46. The molecule has 0 bridgehead atoms. The summed E-state index contributed by atoms with van der Waals surface area (Å²) in [4.78, 5) is 23.6. The maximum atomic E-state index is 12.1. The number of rotatable bonds is 4.